The minimum atomic E-state index is -2.41. The Morgan fingerprint density at radius 2 is 1.36 bits per heavy atom. The molecule has 1 heterocycles. The number of rotatable bonds is 19. The zero-order chi connectivity index (χ0) is 40.2. The van der Waals surface area contributed by atoms with Crippen LogP contribution in [0.1, 0.15) is 95.4 Å². The van der Waals surface area contributed by atoms with Gasteiger partial charge in [0.2, 0.25) is 0 Å². The fourth-order valence-corrected chi connectivity index (χ4v) is 7.72. The maximum atomic E-state index is 14.8. The van der Waals surface area contributed by atoms with Gasteiger partial charge in [-0.3, -0.25) is 4.79 Å². The molecule has 4 atom stereocenters. The average Bonchev–Trinajstić information content (AvgIpc) is 3.58. The number of hydrogen-bond acceptors (Lipinski definition) is 6. The fourth-order valence-electron chi connectivity index (χ4n) is 6.35. The van der Waals surface area contributed by atoms with Gasteiger partial charge < -0.3 is 24.2 Å². The Balaban J connectivity index is 1.66. The molecule has 0 bridgehead atoms. The smallest absolute Gasteiger partial charge is 0.407 e. The molecule has 9 heteroatoms. The number of nitrogens with one attached hydrogen (secondary N) is 2. The van der Waals surface area contributed by atoms with Crippen LogP contribution in [-0.2, 0) is 44.7 Å². The van der Waals surface area contributed by atoms with Crippen molar-refractivity contribution in [3.8, 4) is 0 Å². The van der Waals surface area contributed by atoms with Crippen molar-refractivity contribution in [1.29, 1.82) is 0 Å². The number of H-pyrrole nitrogens is 1. The number of carbonyl (C=O) groups is 2. The highest BCUT2D eigenvalue weighted by atomic mass is 28.4. The van der Waals surface area contributed by atoms with Crippen LogP contribution in [0.25, 0.3) is 0 Å². The lowest BCUT2D eigenvalue weighted by molar-refractivity contribution is -0.124. The molecular formula is C46H63N3O5Si. The number of ether oxygens (including phenoxy) is 2. The van der Waals surface area contributed by atoms with Crippen molar-refractivity contribution in [2.45, 2.75) is 129 Å². The molecule has 0 fully saturated rings. The van der Waals surface area contributed by atoms with E-state index in [0.717, 1.165) is 28.0 Å². The second-order valence-electron chi connectivity index (χ2n) is 17.3. The Labute approximate surface area is 330 Å². The van der Waals surface area contributed by atoms with Gasteiger partial charge in [0.1, 0.15) is 23.8 Å². The van der Waals surface area contributed by atoms with Crippen LogP contribution in [0.2, 0.25) is 18.1 Å². The molecule has 8 nitrogen and oxygen atoms in total. The number of nitrogens with zero attached hydrogens (tertiary/aromatic N) is 1. The third-order valence-electron chi connectivity index (χ3n) is 10.4. The lowest BCUT2D eigenvalue weighted by Gasteiger charge is -2.42. The molecule has 1 amide bonds. The van der Waals surface area contributed by atoms with Crippen LogP contribution < -0.4 is 5.32 Å². The van der Waals surface area contributed by atoms with E-state index >= 15 is 0 Å². The average molecular weight is 766 g/mol. The van der Waals surface area contributed by atoms with Gasteiger partial charge in [-0.05, 0) is 81.8 Å². The number of amides is 1. The lowest BCUT2D eigenvalue weighted by Crippen LogP contribution is -2.54. The van der Waals surface area contributed by atoms with E-state index in [1.54, 1.807) is 6.20 Å². The summed E-state index contributed by atoms with van der Waals surface area (Å²) in [7, 11) is -2.41. The summed E-state index contributed by atoms with van der Waals surface area (Å²) >= 11 is 0. The van der Waals surface area contributed by atoms with E-state index in [2.05, 4.69) is 80.0 Å². The maximum absolute atomic E-state index is 14.8. The number of benzene rings is 3. The van der Waals surface area contributed by atoms with Crippen LogP contribution in [0.5, 0.6) is 0 Å². The molecule has 0 saturated carbocycles. The first kappa shape index (κ1) is 43.4. The Hall–Kier alpha value is -4.31. The normalized spacial score (nSPS) is 14.4. The van der Waals surface area contributed by atoms with E-state index in [9.17, 15) is 9.59 Å². The molecular weight excluding hydrogens is 703 g/mol. The van der Waals surface area contributed by atoms with Gasteiger partial charge in [0.05, 0.1) is 18.8 Å². The predicted molar refractivity (Wildman–Crippen MR) is 224 cm³/mol. The van der Waals surface area contributed by atoms with Crippen molar-refractivity contribution in [3.63, 3.8) is 0 Å². The monoisotopic (exact) mass is 765 g/mol. The molecule has 0 aliphatic carbocycles. The summed E-state index contributed by atoms with van der Waals surface area (Å²) < 4.78 is 19.0. The van der Waals surface area contributed by atoms with Gasteiger partial charge in [0.15, 0.2) is 8.32 Å². The van der Waals surface area contributed by atoms with Crippen LogP contribution in [0.15, 0.2) is 109 Å². The van der Waals surface area contributed by atoms with E-state index < -0.39 is 38.1 Å². The summed E-state index contributed by atoms with van der Waals surface area (Å²) in [6, 6.07) is 29.8. The molecule has 2 N–H and O–H groups in total. The molecule has 55 heavy (non-hydrogen) atoms. The van der Waals surface area contributed by atoms with Crippen molar-refractivity contribution < 1.29 is 23.5 Å². The van der Waals surface area contributed by atoms with Gasteiger partial charge in [0.25, 0.3) is 0 Å². The maximum Gasteiger partial charge on any atom is 0.407 e. The number of Topliss-reactive ketones (excluding diaryl/α,β-unsaturated/α-hetero) is 1. The summed E-state index contributed by atoms with van der Waals surface area (Å²) in [5, 5.41) is 3.10. The van der Waals surface area contributed by atoms with Gasteiger partial charge in [-0.2, -0.15) is 0 Å². The van der Waals surface area contributed by atoms with Crippen molar-refractivity contribution in [3.05, 3.63) is 138 Å². The number of alkyl carbamates (subject to hydrolysis) is 1. The molecule has 4 aromatic rings. The van der Waals surface area contributed by atoms with Gasteiger partial charge >= 0.3 is 6.09 Å². The molecule has 3 aromatic carbocycles. The van der Waals surface area contributed by atoms with Gasteiger partial charge in [0, 0.05) is 30.1 Å². The minimum Gasteiger partial charge on any atom is -0.444 e. The molecule has 0 saturated heterocycles. The van der Waals surface area contributed by atoms with Crippen molar-refractivity contribution in [1.82, 2.24) is 15.3 Å². The quantitative estimate of drug-likeness (QED) is 0.0728. The second kappa shape index (κ2) is 19.5. The summed E-state index contributed by atoms with van der Waals surface area (Å²) in [4.78, 5) is 36.3. The number of carbonyl (C=O) groups excluding carboxylic acids is 2. The summed E-state index contributed by atoms with van der Waals surface area (Å²) in [6.45, 7) is 23.7. The fraction of sp³-hybridized carbons (Fsp3) is 0.457. The Morgan fingerprint density at radius 3 is 1.89 bits per heavy atom. The first-order valence-electron chi connectivity index (χ1n) is 19.5. The molecule has 1 aromatic heterocycles. The number of aromatic amines is 1. The number of hydrogen-bond donors (Lipinski definition) is 2. The molecule has 0 aliphatic rings. The molecule has 0 radical (unpaired) electrons. The van der Waals surface area contributed by atoms with Crippen molar-refractivity contribution in [2.75, 3.05) is 0 Å². The summed E-state index contributed by atoms with van der Waals surface area (Å²) in [5.74, 6) is 0.133. The molecule has 296 valence electrons. The lowest BCUT2D eigenvalue weighted by atomic mass is 9.82. The van der Waals surface area contributed by atoms with Crippen LogP contribution in [-0.4, -0.2) is 47.9 Å². The first-order chi connectivity index (χ1) is 25.9. The van der Waals surface area contributed by atoms with Gasteiger partial charge in [-0.25, -0.2) is 9.78 Å². The molecule has 0 aliphatic heterocycles. The Bertz CT molecular complexity index is 1800. The third-order valence-corrected chi connectivity index (χ3v) is 14.9. The molecule has 4 rings (SSSR count). The highest BCUT2D eigenvalue weighted by Gasteiger charge is 2.42. The van der Waals surface area contributed by atoms with Gasteiger partial charge in [-0.1, -0.05) is 124 Å². The molecule has 1 unspecified atom stereocenters. The number of allylic oxidation sites excluding steroid dienone is 1. The predicted octanol–water partition coefficient (Wildman–Crippen LogP) is 10.5. The van der Waals surface area contributed by atoms with E-state index in [1.807, 2.05) is 94.4 Å². The van der Waals surface area contributed by atoms with E-state index in [4.69, 9.17) is 13.9 Å². The largest absolute Gasteiger partial charge is 0.444 e. The zero-order valence-electron chi connectivity index (χ0n) is 34.5. The SMILES string of the molecule is C=C(C)C(CC(=O)[C@H](Cc1ccccc1)C[C@H](O[Si](C)(C)C(C)(C)C)[C@H](Cc1ccccc1)NC(=O)OC(C)(C)C)c1cnc(COCc2ccccc2)[nH]1. The number of aromatic nitrogens is 2. The van der Waals surface area contributed by atoms with Crippen LogP contribution >= 0.6 is 0 Å². The summed E-state index contributed by atoms with van der Waals surface area (Å²) in [6.07, 6.45) is 2.52. The highest BCUT2D eigenvalue weighted by Crippen LogP contribution is 2.39. The third kappa shape index (κ3) is 14.0. The standard InChI is InChI=1S/C46H63N3O5Si/c1-33(2)38(40-30-47-43(48-40)32-52-31-36-24-18-13-19-25-36)29-41(50)37(26-34-20-14-11-15-21-34)28-42(54-55(9,10)46(6,7)8)39(27-35-22-16-12-17-23-35)49-44(51)53-45(3,4)5/h11-25,30,37-39,42H,1,26-29,31-32H2,2-10H3,(H,47,48)(H,49,51)/t37-,38?,39+,42+/m1/s1. The number of ketones is 1. The van der Waals surface area contributed by atoms with Crippen molar-refractivity contribution in [2.24, 2.45) is 5.92 Å². The van der Waals surface area contributed by atoms with Gasteiger partial charge in [-0.15, -0.1) is 0 Å². The number of imidazole rings is 1. The van der Waals surface area contributed by atoms with Crippen LogP contribution in [0.4, 0.5) is 4.79 Å². The topological polar surface area (TPSA) is 103 Å². The zero-order valence-corrected chi connectivity index (χ0v) is 35.5. The van der Waals surface area contributed by atoms with Crippen LogP contribution in [0.3, 0.4) is 0 Å². The van der Waals surface area contributed by atoms with E-state index in [1.165, 1.54) is 0 Å². The Morgan fingerprint density at radius 1 is 0.818 bits per heavy atom. The van der Waals surface area contributed by atoms with Crippen molar-refractivity contribution >= 4 is 20.2 Å². The highest BCUT2D eigenvalue weighted by molar-refractivity contribution is 6.74. The van der Waals surface area contributed by atoms with Crippen LogP contribution in [0, 0.1) is 5.92 Å². The summed E-state index contributed by atoms with van der Waals surface area (Å²) in [5.41, 5.74) is 4.24. The first-order valence-corrected chi connectivity index (χ1v) is 22.4. The minimum absolute atomic E-state index is 0.105. The van der Waals surface area contributed by atoms with E-state index in [-0.39, 0.29) is 23.2 Å². The van der Waals surface area contributed by atoms with E-state index in [0.29, 0.717) is 38.3 Å². The molecule has 0 spiro atoms. The second-order valence-corrected chi connectivity index (χ2v) is 22.1. The Kier molecular flexibility index (Phi) is 15.4.